The van der Waals surface area contributed by atoms with Crippen molar-refractivity contribution in [1.82, 2.24) is 0 Å². The second kappa shape index (κ2) is 6.31. The van der Waals surface area contributed by atoms with E-state index in [1.807, 2.05) is 6.92 Å². The van der Waals surface area contributed by atoms with Gasteiger partial charge in [-0.1, -0.05) is 53.7 Å². The molecule has 1 rings (SSSR count). The number of ether oxygens (including phenoxy) is 1. The summed E-state index contributed by atoms with van der Waals surface area (Å²) in [4.78, 5) is 12.8. The van der Waals surface area contributed by atoms with E-state index in [4.69, 9.17) is 4.74 Å². The molecule has 1 aromatic carbocycles. The molecule has 1 atom stereocenters. The van der Waals surface area contributed by atoms with E-state index in [1.54, 1.807) is 24.3 Å². The molecule has 0 aliphatic rings. The van der Waals surface area contributed by atoms with Crippen molar-refractivity contribution in [2.24, 2.45) is 16.2 Å². The number of carbonyl (C=O) groups excluding carboxylic acids is 1. The van der Waals surface area contributed by atoms with E-state index in [0.717, 1.165) is 12.0 Å². The maximum absolute atomic E-state index is 12.8. The van der Waals surface area contributed by atoms with E-state index < -0.39 is 5.41 Å². The standard InChI is InChI=1S/C19H30O3/c1-17(2,3)13-19(7,18(4,5)6)16(21)22-12-14-8-10-15(20)11-9-14/h8-11,20H,12-13H2,1-7H3. The smallest absolute Gasteiger partial charge is 0.312 e. The lowest BCUT2D eigenvalue weighted by atomic mass is 9.61. The number of hydrogen-bond acceptors (Lipinski definition) is 3. The molecule has 0 fully saturated rings. The molecule has 22 heavy (non-hydrogen) atoms. The number of hydrogen-bond donors (Lipinski definition) is 1. The van der Waals surface area contributed by atoms with E-state index in [2.05, 4.69) is 41.5 Å². The predicted molar refractivity (Wildman–Crippen MR) is 89.5 cm³/mol. The van der Waals surface area contributed by atoms with Gasteiger partial charge >= 0.3 is 5.97 Å². The molecule has 3 nitrogen and oxygen atoms in total. The highest BCUT2D eigenvalue weighted by molar-refractivity contribution is 5.77. The van der Waals surface area contributed by atoms with Crippen molar-refractivity contribution in [2.75, 3.05) is 0 Å². The van der Waals surface area contributed by atoms with Crippen LogP contribution in [0.5, 0.6) is 5.75 Å². The molecule has 0 saturated heterocycles. The largest absolute Gasteiger partial charge is 0.508 e. The summed E-state index contributed by atoms with van der Waals surface area (Å²) in [6.07, 6.45) is 0.762. The van der Waals surface area contributed by atoms with Gasteiger partial charge in [0.1, 0.15) is 12.4 Å². The van der Waals surface area contributed by atoms with Gasteiger partial charge in [0.2, 0.25) is 0 Å². The first-order chi connectivity index (χ1) is 9.85. The molecule has 0 amide bonds. The molecule has 0 bridgehead atoms. The van der Waals surface area contributed by atoms with Gasteiger partial charge in [-0.05, 0) is 41.9 Å². The van der Waals surface area contributed by atoms with E-state index in [-0.39, 0.29) is 29.2 Å². The maximum atomic E-state index is 12.8. The van der Waals surface area contributed by atoms with Gasteiger partial charge in [-0.3, -0.25) is 4.79 Å². The molecule has 0 spiro atoms. The number of carbonyl (C=O) groups is 1. The van der Waals surface area contributed by atoms with E-state index >= 15 is 0 Å². The van der Waals surface area contributed by atoms with Gasteiger partial charge in [-0.2, -0.15) is 0 Å². The zero-order chi connectivity index (χ0) is 17.2. The molecule has 0 aliphatic carbocycles. The van der Waals surface area contributed by atoms with Crippen LogP contribution in [0.3, 0.4) is 0 Å². The van der Waals surface area contributed by atoms with Crippen molar-refractivity contribution in [1.29, 1.82) is 0 Å². The Morgan fingerprint density at radius 1 is 1.00 bits per heavy atom. The summed E-state index contributed by atoms with van der Waals surface area (Å²) in [7, 11) is 0. The van der Waals surface area contributed by atoms with Crippen LogP contribution in [0.1, 0.15) is 60.5 Å². The number of phenols is 1. The summed E-state index contributed by atoms with van der Waals surface area (Å²) in [5.41, 5.74) is 0.173. The average molecular weight is 306 g/mol. The Morgan fingerprint density at radius 2 is 1.50 bits per heavy atom. The van der Waals surface area contributed by atoms with Crippen molar-refractivity contribution in [3.8, 4) is 5.75 Å². The Balaban J connectivity index is 2.87. The quantitative estimate of drug-likeness (QED) is 0.803. The van der Waals surface area contributed by atoms with Gasteiger partial charge in [-0.15, -0.1) is 0 Å². The monoisotopic (exact) mass is 306 g/mol. The molecule has 3 heteroatoms. The Labute approximate surface area is 134 Å². The lowest BCUT2D eigenvalue weighted by Gasteiger charge is -2.43. The summed E-state index contributed by atoms with van der Waals surface area (Å²) in [5, 5.41) is 9.29. The number of esters is 1. The first-order valence-electron chi connectivity index (χ1n) is 7.80. The molecule has 0 saturated carbocycles. The Bertz CT molecular complexity index is 503. The fraction of sp³-hybridized carbons (Fsp3) is 0.632. The number of phenolic OH excluding ortho intramolecular Hbond substituents is 1. The summed E-state index contributed by atoms with van der Waals surface area (Å²) < 4.78 is 5.58. The molecular formula is C19H30O3. The van der Waals surface area contributed by atoms with Gasteiger partial charge in [0.05, 0.1) is 5.41 Å². The Morgan fingerprint density at radius 3 is 1.91 bits per heavy atom. The number of benzene rings is 1. The third-order valence-electron chi connectivity index (χ3n) is 4.30. The van der Waals surface area contributed by atoms with Crippen LogP contribution in [-0.4, -0.2) is 11.1 Å². The Hall–Kier alpha value is -1.51. The number of aromatic hydroxyl groups is 1. The minimum atomic E-state index is -0.553. The molecule has 1 unspecified atom stereocenters. The van der Waals surface area contributed by atoms with E-state index in [9.17, 15) is 9.90 Å². The van der Waals surface area contributed by atoms with Gasteiger partial charge in [0.15, 0.2) is 0 Å². The normalized spacial score (nSPS) is 15.2. The number of rotatable bonds is 4. The van der Waals surface area contributed by atoms with Crippen LogP contribution >= 0.6 is 0 Å². The topological polar surface area (TPSA) is 46.5 Å². The van der Waals surface area contributed by atoms with Crippen molar-refractivity contribution in [3.63, 3.8) is 0 Å². The fourth-order valence-electron chi connectivity index (χ4n) is 2.60. The first-order valence-corrected chi connectivity index (χ1v) is 7.80. The first kappa shape index (κ1) is 18.5. The molecule has 0 heterocycles. The zero-order valence-corrected chi connectivity index (χ0v) is 15.0. The van der Waals surface area contributed by atoms with Crippen molar-refractivity contribution < 1.29 is 14.6 Å². The molecular weight excluding hydrogens is 276 g/mol. The summed E-state index contributed by atoms with van der Waals surface area (Å²) in [6.45, 7) is 14.9. The van der Waals surface area contributed by atoms with Crippen LogP contribution in [0.25, 0.3) is 0 Å². The molecule has 124 valence electrons. The van der Waals surface area contributed by atoms with Gasteiger partial charge in [0, 0.05) is 0 Å². The van der Waals surface area contributed by atoms with E-state index in [0.29, 0.717) is 0 Å². The third-order valence-corrected chi connectivity index (χ3v) is 4.30. The Kier molecular flexibility index (Phi) is 5.32. The SMILES string of the molecule is CC(C)(C)CC(C)(C(=O)OCc1ccc(O)cc1)C(C)(C)C. The molecule has 0 aliphatic heterocycles. The summed E-state index contributed by atoms with van der Waals surface area (Å²) >= 11 is 0. The van der Waals surface area contributed by atoms with Crippen molar-refractivity contribution in [2.45, 2.75) is 61.5 Å². The average Bonchev–Trinajstić information content (AvgIpc) is 2.34. The molecule has 0 aromatic heterocycles. The predicted octanol–water partition coefficient (Wildman–Crippen LogP) is 4.92. The van der Waals surface area contributed by atoms with Crippen LogP contribution in [0.4, 0.5) is 0 Å². The lowest BCUT2D eigenvalue weighted by Crippen LogP contribution is -2.44. The molecule has 0 radical (unpaired) electrons. The van der Waals surface area contributed by atoms with Crippen molar-refractivity contribution in [3.05, 3.63) is 29.8 Å². The second-order valence-corrected chi connectivity index (χ2v) is 8.56. The zero-order valence-electron chi connectivity index (χ0n) is 15.0. The second-order valence-electron chi connectivity index (χ2n) is 8.56. The summed E-state index contributed by atoms with van der Waals surface area (Å²) in [5.74, 6) is 0.0466. The van der Waals surface area contributed by atoms with Crippen LogP contribution in [0.2, 0.25) is 0 Å². The maximum Gasteiger partial charge on any atom is 0.312 e. The van der Waals surface area contributed by atoms with E-state index in [1.165, 1.54) is 0 Å². The summed E-state index contributed by atoms with van der Waals surface area (Å²) in [6, 6.07) is 6.73. The van der Waals surface area contributed by atoms with Gasteiger partial charge in [-0.25, -0.2) is 0 Å². The van der Waals surface area contributed by atoms with Crippen LogP contribution in [0.15, 0.2) is 24.3 Å². The van der Waals surface area contributed by atoms with Crippen LogP contribution < -0.4 is 0 Å². The lowest BCUT2D eigenvalue weighted by molar-refractivity contribution is -0.166. The van der Waals surface area contributed by atoms with Crippen molar-refractivity contribution >= 4 is 5.97 Å². The highest BCUT2D eigenvalue weighted by Gasteiger charge is 2.47. The van der Waals surface area contributed by atoms with Gasteiger partial charge in [0.25, 0.3) is 0 Å². The minimum Gasteiger partial charge on any atom is -0.508 e. The highest BCUT2D eigenvalue weighted by Crippen LogP contribution is 2.47. The third kappa shape index (κ3) is 4.75. The molecule has 1 aromatic rings. The molecule has 1 N–H and O–H groups in total. The van der Waals surface area contributed by atoms with Crippen LogP contribution in [0, 0.1) is 16.2 Å². The highest BCUT2D eigenvalue weighted by atomic mass is 16.5. The van der Waals surface area contributed by atoms with Crippen LogP contribution in [-0.2, 0) is 16.1 Å². The van der Waals surface area contributed by atoms with Gasteiger partial charge < -0.3 is 9.84 Å². The fourth-order valence-corrected chi connectivity index (χ4v) is 2.60. The minimum absolute atomic E-state index is 0.0413.